The van der Waals surface area contributed by atoms with Gasteiger partial charge in [-0.15, -0.1) is 0 Å². The van der Waals surface area contributed by atoms with Crippen LogP contribution in [0.4, 0.5) is 0 Å². The Morgan fingerprint density at radius 1 is 1.33 bits per heavy atom. The number of carbonyl (C=O) groups is 1. The van der Waals surface area contributed by atoms with Crippen molar-refractivity contribution in [2.75, 3.05) is 13.2 Å². The summed E-state index contributed by atoms with van der Waals surface area (Å²) in [4.78, 5) is 11.6. The van der Waals surface area contributed by atoms with E-state index in [1.807, 2.05) is 26.0 Å². The minimum absolute atomic E-state index is 0.118. The second-order valence-electron chi connectivity index (χ2n) is 4.16. The number of rotatable bonds is 6. The SMILES string of the molecule is Cc1cc(C)cc(OCCC(=O)NCC(N)=S)c1. The maximum absolute atomic E-state index is 11.4. The number of nitrogens with one attached hydrogen (secondary N) is 1. The van der Waals surface area contributed by atoms with Gasteiger partial charge in [0.15, 0.2) is 0 Å². The average molecular weight is 266 g/mol. The van der Waals surface area contributed by atoms with Gasteiger partial charge in [0.2, 0.25) is 5.91 Å². The fraction of sp³-hybridized carbons (Fsp3) is 0.385. The van der Waals surface area contributed by atoms with Crippen LogP contribution in [0.25, 0.3) is 0 Å². The zero-order valence-corrected chi connectivity index (χ0v) is 11.5. The summed E-state index contributed by atoms with van der Waals surface area (Å²) in [5.74, 6) is 0.668. The summed E-state index contributed by atoms with van der Waals surface area (Å²) in [6, 6.07) is 5.96. The zero-order valence-electron chi connectivity index (χ0n) is 10.7. The number of aryl methyl sites for hydroxylation is 2. The third-order valence-electron chi connectivity index (χ3n) is 2.25. The summed E-state index contributed by atoms with van der Waals surface area (Å²) >= 11 is 4.66. The monoisotopic (exact) mass is 266 g/mol. The third-order valence-corrected chi connectivity index (χ3v) is 2.40. The first-order chi connectivity index (χ1) is 8.47. The van der Waals surface area contributed by atoms with Gasteiger partial charge in [-0.25, -0.2) is 0 Å². The lowest BCUT2D eigenvalue weighted by Crippen LogP contribution is -2.32. The van der Waals surface area contributed by atoms with Gasteiger partial charge in [0.1, 0.15) is 5.75 Å². The summed E-state index contributed by atoms with van der Waals surface area (Å²) in [5.41, 5.74) is 7.56. The Hall–Kier alpha value is -1.62. The van der Waals surface area contributed by atoms with Crippen LogP contribution in [0, 0.1) is 13.8 Å². The predicted octanol–water partition coefficient (Wildman–Crippen LogP) is 1.47. The Morgan fingerprint density at radius 3 is 2.50 bits per heavy atom. The molecule has 0 atom stereocenters. The maximum Gasteiger partial charge on any atom is 0.223 e. The van der Waals surface area contributed by atoms with Gasteiger partial charge in [-0.3, -0.25) is 4.79 Å². The Balaban J connectivity index is 2.33. The lowest BCUT2D eigenvalue weighted by molar-refractivity contribution is -0.121. The van der Waals surface area contributed by atoms with Crippen molar-refractivity contribution in [3.8, 4) is 5.75 Å². The lowest BCUT2D eigenvalue weighted by atomic mass is 10.1. The highest BCUT2D eigenvalue weighted by molar-refractivity contribution is 7.80. The summed E-state index contributed by atoms with van der Waals surface area (Å²) < 4.78 is 5.52. The van der Waals surface area contributed by atoms with E-state index in [4.69, 9.17) is 10.5 Å². The van der Waals surface area contributed by atoms with Crippen LogP contribution in [0.5, 0.6) is 5.75 Å². The molecule has 0 aliphatic heterocycles. The summed E-state index contributed by atoms with van der Waals surface area (Å²) in [7, 11) is 0. The summed E-state index contributed by atoms with van der Waals surface area (Å²) in [5, 5.41) is 2.61. The molecule has 0 radical (unpaired) electrons. The number of benzene rings is 1. The lowest BCUT2D eigenvalue weighted by Gasteiger charge is -2.08. The fourth-order valence-electron chi connectivity index (χ4n) is 1.55. The summed E-state index contributed by atoms with van der Waals surface area (Å²) in [6.07, 6.45) is 0.287. The molecule has 0 aliphatic rings. The second kappa shape index (κ2) is 6.96. The van der Waals surface area contributed by atoms with Gasteiger partial charge in [0.05, 0.1) is 24.6 Å². The predicted molar refractivity (Wildman–Crippen MR) is 75.8 cm³/mol. The molecule has 0 fully saturated rings. The third kappa shape index (κ3) is 5.63. The number of carbonyl (C=O) groups excluding carboxylic acids is 1. The Bertz CT molecular complexity index is 426. The van der Waals surface area contributed by atoms with E-state index in [9.17, 15) is 4.79 Å². The van der Waals surface area contributed by atoms with Crippen LogP contribution in [0.1, 0.15) is 17.5 Å². The van der Waals surface area contributed by atoms with E-state index in [0.717, 1.165) is 16.9 Å². The maximum atomic E-state index is 11.4. The number of thiocarbonyl (C=S) groups is 1. The topological polar surface area (TPSA) is 64.3 Å². The van der Waals surface area contributed by atoms with E-state index >= 15 is 0 Å². The molecule has 1 amide bonds. The van der Waals surface area contributed by atoms with E-state index in [1.54, 1.807) is 0 Å². The molecule has 1 aromatic rings. The molecule has 98 valence electrons. The van der Waals surface area contributed by atoms with Crippen LogP contribution in [0.15, 0.2) is 18.2 Å². The van der Waals surface area contributed by atoms with E-state index in [0.29, 0.717) is 6.61 Å². The Morgan fingerprint density at radius 2 is 1.94 bits per heavy atom. The highest BCUT2D eigenvalue weighted by atomic mass is 32.1. The van der Waals surface area contributed by atoms with Gasteiger partial charge in [-0.2, -0.15) is 0 Å². The van der Waals surface area contributed by atoms with Crippen molar-refractivity contribution in [2.45, 2.75) is 20.3 Å². The van der Waals surface area contributed by atoms with Crippen LogP contribution in [-0.4, -0.2) is 24.0 Å². The van der Waals surface area contributed by atoms with Crippen LogP contribution >= 0.6 is 12.2 Å². The molecular weight excluding hydrogens is 248 g/mol. The second-order valence-corrected chi connectivity index (χ2v) is 4.69. The van der Waals surface area contributed by atoms with Crippen LogP contribution < -0.4 is 15.8 Å². The standard InChI is InChI=1S/C13H18N2O2S/c1-9-5-10(2)7-11(6-9)17-4-3-13(16)15-8-12(14)18/h5-7H,3-4,8H2,1-2H3,(H2,14,18)(H,15,16). The molecule has 1 aromatic carbocycles. The van der Waals surface area contributed by atoms with Gasteiger partial charge in [-0.05, 0) is 37.1 Å². The molecule has 0 aromatic heterocycles. The molecule has 5 heteroatoms. The van der Waals surface area contributed by atoms with Gasteiger partial charge < -0.3 is 15.8 Å². The van der Waals surface area contributed by atoms with Crippen molar-refractivity contribution in [1.29, 1.82) is 0 Å². The number of ether oxygens (including phenoxy) is 1. The first kappa shape index (κ1) is 14.4. The molecule has 0 saturated heterocycles. The summed E-state index contributed by atoms with van der Waals surface area (Å²) in [6.45, 7) is 4.59. The van der Waals surface area contributed by atoms with E-state index in [2.05, 4.69) is 23.6 Å². The first-order valence-electron chi connectivity index (χ1n) is 5.73. The fourth-order valence-corrected chi connectivity index (χ4v) is 1.62. The van der Waals surface area contributed by atoms with Gasteiger partial charge in [-0.1, -0.05) is 18.3 Å². The molecule has 18 heavy (non-hydrogen) atoms. The van der Waals surface area contributed by atoms with Crippen LogP contribution in [0.2, 0.25) is 0 Å². The van der Waals surface area contributed by atoms with Crippen LogP contribution in [-0.2, 0) is 4.79 Å². The smallest absolute Gasteiger partial charge is 0.223 e. The normalized spacial score (nSPS) is 9.89. The number of amides is 1. The minimum atomic E-state index is -0.118. The largest absolute Gasteiger partial charge is 0.493 e. The number of hydrogen-bond acceptors (Lipinski definition) is 3. The molecule has 3 N–H and O–H groups in total. The highest BCUT2D eigenvalue weighted by Gasteiger charge is 2.02. The minimum Gasteiger partial charge on any atom is -0.493 e. The van der Waals surface area contributed by atoms with Gasteiger partial charge in [0, 0.05) is 0 Å². The highest BCUT2D eigenvalue weighted by Crippen LogP contribution is 2.16. The van der Waals surface area contributed by atoms with E-state index in [-0.39, 0.29) is 23.9 Å². The van der Waals surface area contributed by atoms with Crippen molar-refractivity contribution in [3.63, 3.8) is 0 Å². The van der Waals surface area contributed by atoms with Crippen molar-refractivity contribution < 1.29 is 9.53 Å². The average Bonchev–Trinajstić information content (AvgIpc) is 2.25. The molecule has 4 nitrogen and oxygen atoms in total. The molecule has 0 unspecified atom stereocenters. The van der Waals surface area contributed by atoms with Crippen molar-refractivity contribution in [2.24, 2.45) is 5.73 Å². The van der Waals surface area contributed by atoms with Crippen molar-refractivity contribution in [3.05, 3.63) is 29.3 Å². The number of hydrogen-bond donors (Lipinski definition) is 2. The van der Waals surface area contributed by atoms with Crippen molar-refractivity contribution in [1.82, 2.24) is 5.32 Å². The van der Waals surface area contributed by atoms with E-state index < -0.39 is 0 Å². The molecule has 0 bridgehead atoms. The Kier molecular flexibility index (Phi) is 5.58. The molecule has 0 saturated carbocycles. The molecule has 0 heterocycles. The number of nitrogens with two attached hydrogens (primary N) is 1. The molecule has 0 spiro atoms. The molecular formula is C13H18N2O2S. The molecule has 1 rings (SSSR count). The Labute approximate surface area is 113 Å². The zero-order chi connectivity index (χ0) is 13.5. The van der Waals surface area contributed by atoms with E-state index in [1.165, 1.54) is 0 Å². The van der Waals surface area contributed by atoms with Gasteiger partial charge >= 0.3 is 0 Å². The molecule has 0 aliphatic carbocycles. The quantitative estimate of drug-likeness (QED) is 0.765. The van der Waals surface area contributed by atoms with Crippen molar-refractivity contribution >= 4 is 23.1 Å². The first-order valence-corrected chi connectivity index (χ1v) is 6.14. The van der Waals surface area contributed by atoms with Gasteiger partial charge in [0.25, 0.3) is 0 Å². The van der Waals surface area contributed by atoms with Crippen LogP contribution in [0.3, 0.4) is 0 Å².